The molecule has 0 saturated carbocycles. The lowest BCUT2D eigenvalue weighted by Crippen LogP contribution is -2.19. The standard InChI is InChI=1S/C22H23NO/c1-24-21-12-11-18-9-5-6-10-20(18)22(21)19-13-14-23(16-19)15-17-7-3-2-4-8-17/h2-12,19H,13-16H2,1H3. The second-order valence-electron chi connectivity index (χ2n) is 6.61. The first-order chi connectivity index (χ1) is 11.8. The highest BCUT2D eigenvalue weighted by atomic mass is 16.5. The van der Waals surface area contributed by atoms with Crippen LogP contribution in [0.5, 0.6) is 5.75 Å². The molecule has 0 amide bonds. The number of rotatable bonds is 4. The molecular formula is C22H23NO. The van der Waals surface area contributed by atoms with E-state index in [1.165, 1.54) is 28.3 Å². The maximum absolute atomic E-state index is 5.70. The van der Waals surface area contributed by atoms with Gasteiger partial charge in [0.25, 0.3) is 0 Å². The van der Waals surface area contributed by atoms with Crippen LogP contribution in [0.2, 0.25) is 0 Å². The highest BCUT2D eigenvalue weighted by Crippen LogP contribution is 2.39. The highest BCUT2D eigenvalue weighted by Gasteiger charge is 2.27. The lowest BCUT2D eigenvalue weighted by atomic mass is 9.92. The van der Waals surface area contributed by atoms with E-state index in [1.54, 1.807) is 7.11 Å². The first-order valence-corrected chi connectivity index (χ1v) is 8.67. The zero-order chi connectivity index (χ0) is 16.4. The molecule has 0 radical (unpaired) electrons. The van der Waals surface area contributed by atoms with E-state index in [9.17, 15) is 0 Å². The number of methoxy groups -OCH3 is 1. The fourth-order valence-corrected chi connectivity index (χ4v) is 3.93. The number of fused-ring (bicyclic) bond motifs is 1. The molecule has 1 unspecified atom stereocenters. The Kier molecular flexibility index (Phi) is 4.22. The summed E-state index contributed by atoms with van der Waals surface area (Å²) in [6.45, 7) is 3.27. The molecule has 1 fully saturated rings. The van der Waals surface area contributed by atoms with Crippen molar-refractivity contribution >= 4 is 10.8 Å². The molecule has 2 nitrogen and oxygen atoms in total. The summed E-state index contributed by atoms with van der Waals surface area (Å²) in [5, 5.41) is 2.64. The van der Waals surface area contributed by atoms with Gasteiger partial charge in [-0.25, -0.2) is 0 Å². The van der Waals surface area contributed by atoms with Gasteiger partial charge in [0, 0.05) is 24.6 Å². The molecule has 0 aliphatic carbocycles. The molecule has 1 aliphatic heterocycles. The Morgan fingerprint density at radius 2 is 1.75 bits per heavy atom. The molecule has 0 spiro atoms. The summed E-state index contributed by atoms with van der Waals surface area (Å²) in [7, 11) is 1.78. The summed E-state index contributed by atoms with van der Waals surface area (Å²) in [5.74, 6) is 1.56. The minimum Gasteiger partial charge on any atom is -0.496 e. The Bertz CT molecular complexity index is 828. The van der Waals surface area contributed by atoms with Gasteiger partial charge < -0.3 is 4.74 Å². The maximum Gasteiger partial charge on any atom is 0.123 e. The van der Waals surface area contributed by atoms with E-state index in [2.05, 4.69) is 71.6 Å². The van der Waals surface area contributed by atoms with Crippen molar-refractivity contribution in [2.75, 3.05) is 20.2 Å². The van der Waals surface area contributed by atoms with Crippen LogP contribution < -0.4 is 4.74 Å². The molecule has 1 aliphatic rings. The zero-order valence-electron chi connectivity index (χ0n) is 14.1. The van der Waals surface area contributed by atoms with Crippen molar-refractivity contribution in [3.63, 3.8) is 0 Å². The van der Waals surface area contributed by atoms with Crippen molar-refractivity contribution in [1.29, 1.82) is 0 Å². The molecular weight excluding hydrogens is 294 g/mol. The first-order valence-electron chi connectivity index (χ1n) is 8.67. The summed E-state index contributed by atoms with van der Waals surface area (Å²) >= 11 is 0. The molecule has 122 valence electrons. The van der Waals surface area contributed by atoms with Gasteiger partial charge in [-0.2, -0.15) is 0 Å². The predicted octanol–water partition coefficient (Wildman–Crippen LogP) is 4.84. The van der Waals surface area contributed by atoms with Crippen LogP contribution in [0.15, 0.2) is 66.7 Å². The third-order valence-corrected chi connectivity index (χ3v) is 5.08. The van der Waals surface area contributed by atoms with Crippen LogP contribution >= 0.6 is 0 Å². The molecule has 1 atom stereocenters. The average molecular weight is 317 g/mol. The van der Waals surface area contributed by atoms with Gasteiger partial charge in [-0.1, -0.05) is 60.7 Å². The van der Waals surface area contributed by atoms with Crippen LogP contribution in [0, 0.1) is 0 Å². The average Bonchev–Trinajstić information content (AvgIpc) is 3.09. The molecule has 1 saturated heterocycles. The number of benzene rings is 3. The minimum absolute atomic E-state index is 0.537. The second-order valence-corrected chi connectivity index (χ2v) is 6.61. The Labute approximate surface area is 143 Å². The SMILES string of the molecule is COc1ccc2ccccc2c1C1CCN(Cc2ccccc2)C1. The van der Waals surface area contributed by atoms with E-state index < -0.39 is 0 Å². The third-order valence-electron chi connectivity index (χ3n) is 5.08. The van der Waals surface area contributed by atoms with Gasteiger partial charge in [0.1, 0.15) is 5.75 Å². The van der Waals surface area contributed by atoms with Gasteiger partial charge in [0.15, 0.2) is 0 Å². The Balaban J connectivity index is 1.62. The van der Waals surface area contributed by atoms with Crippen molar-refractivity contribution in [2.45, 2.75) is 18.9 Å². The molecule has 0 bridgehead atoms. The fourth-order valence-electron chi connectivity index (χ4n) is 3.93. The molecule has 24 heavy (non-hydrogen) atoms. The maximum atomic E-state index is 5.70. The normalized spacial score (nSPS) is 18.1. The Morgan fingerprint density at radius 3 is 2.58 bits per heavy atom. The molecule has 2 heteroatoms. The lowest BCUT2D eigenvalue weighted by molar-refractivity contribution is 0.325. The van der Waals surface area contributed by atoms with Crippen LogP contribution in [0.1, 0.15) is 23.5 Å². The van der Waals surface area contributed by atoms with Gasteiger partial charge in [0.05, 0.1) is 7.11 Å². The zero-order valence-corrected chi connectivity index (χ0v) is 14.1. The molecule has 1 heterocycles. The monoisotopic (exact) mass is 317 g/mol. The van der Waals surface area contributed by atoms with E-state index in [1.807, 2.05) is 0 Å². The summed E-state index contributed by atoms with van der Waals surface area (Å²) < 4.78 is 5.70. The number of nitrogens with zero attached hydrogens (tertiary/aromatic N) is 1. The third kappa shape index (κ3) is 2.90. The van der Waals surface area contributed by atoms with E-state index in [0.29, 0.717) is 5.92 Å². The van der Waals surface area contributed by atoms with Crippen LogP contribution in [0.25, 0.3) is 10.8 Å². The van der Waals surface area contributed by atoms with Gasteiger partial charge >= 0.3 is 0 Å². The summed E-state index contributed by atoms with van der Waals surface area (Å²) in [4.78, 5) is 2.56. The van der Waals surface area contributed by atoms with Crippen molar-refractivity contribution in [1.82, 2.24) is 4.90 Å². The first kappa shape index (κ1) is 15.2. The number of hydrogen-bond donors (Lipinski definition) is 0. The van der Waals surface area contributed by atoms with Crippen molar-refractivity contribution in [2.24, 2.45) is 0 Å². The largest absolute Gasteiger partial charge is 0.496 e. The van der Waals surface area contributed by atoms with Crippen molar-refractivity contribution in [3.8, 4) is 5.75 Å². The summed E-state index contributed by atoms with van der Waals surface area (Å²) in [6, 6.07) is 23.7. The smallest absolute Gasteiger partial charge is 0.123 e. The lowest BCUT2D eigenvalue weighted by Gasteiger charge is -2.19. The Hall–Kier alpha value is -2.32. The van der Waals surface area contributed by atoms with E-state index in [-0.39, 0.29) is 0 Å². The minimum atomic E-state index is 0.537. The van der Waals surface area contributed by atoms with Gasteiger partial charge in [-0.15, -0.1) is 0 Å². The molecule has 0 N–H and O–H groups in total. The molecule has 4 rings (SSSR count). The molecule has 0 aromatic heterocycles. The van der Waals surface area contributed by atoms with Crippen molar-refractivity contribution < 1.29 is 4.74 Å². The summed E-state index contributed by atoms with van der Waals surface area (Å²) in [6.07, 6.45) is 1.19. The van der Waals surface area contributed by atoms with Gasteiger partial charge in [-0.05, 0) is 35.4 Å². The van der Waals surface area contributed by atoms with E-state index >= 15 is 0 Å². The quantitative estimate of drug-likeness (QED) is 0.683. The molecule has 3 aromatic rings. The van der Waals surface area contributed by atoms with E-state index in [4.69, 9.17) is 4.74 Å². The predicted molar refractivity (Wildman–Crippen MR) is 99.6 cm³/mol. The van der Waals surface area contributed by atoms with Crippen LogP contribution in [0.3, 0.4) is 0 Å². The number of hydrogen-bond acceptors (Lipinski definition) is 2. The topological polar surface area (TPSA) is 12.5 Å². The van der Waals surface area contributed by atoms with Crippen LogP contribution in [-0.4, -0.2) is 25.1 Å². The number of likely N-dealkylation sites (tertiary alicyclic amines) is 1. The number of ether oxygens (including phenoxy) is 1. The van der Waals surface area contributed by atoms with Gasteiger partial charge in [-0.3, -0.25) is 4.90 Å². The molecule has 3 aromatic carbocycles. The van der Waals surface area contributed by atoms with Crippen LogP contribution in [-0.2, 0) is 6.54 Å². The highest BCUT2D eigenvalue weighted by molar-refractivity contribution is 5.88. The van der Waals surface area contributed by atoms with Gasteiger partial charge in [0.2, 0.25) is 0 Å². The fraction of sp³-hybridized carbons (Fsp3) is 0.273. The second kappa shape index (κ2) is 6.66. The van der Waals surface area contributed by atoms with Crippen LogP contribution in [0.4, 0.5) is 0 Å². The Morgan fingerprint density at radius 1 is 0.958 bits per heavy atom. The summed E-state index contributed by atoms with van der Waals surface area (Å²) in [5.41, 5.74) is 2.77. The van der Waals surface area contributed by atoms with E-state index in [0.717, 1.165) is 25.4 Å². The van der Waals surface area contributed by atoms with Crippen molar-refractivity contribution in [3.05, 3.63) is 77.9 Å².